The number of ether oxygens (including phenoxy) is 1. The molecule has 0 aliphatic carbocycles. The molecule has 1 aromatic carbocycles. The summed E-state index contributed by atoms with van der Waals surface area (Å²) >= 11 is 1.83. The van der Waals surface area contributed by atoms with Crippen molar-refractivity contribution in [3.63, 3.8) is 0 Å². The summed E-state index contributed by atoms with van der Waals surface area (Å²) in [4.78, 5) is 0. The van der Waals surface area contributed by atoms with Crippen LogP contribution < -0.4 is 10.1 Å². The molecule has 2 aromatic rings. The van der Waals surface area contributed by atoms with Crippen molar-refractivity contribution < 1.29 is 9.15 Å². The molecule has 21 heavy (non-hydrogen) atoms. The largest absolute Gasteiger partial charge is 0.496 e. The van der Waals surface area contributed by atoms with E-state index >= 15 is 0 Å². The van der Waals surface area contributed by atoms with Crippen molar-refractivity contribution in [3.05, 3.63) is 53.5 Å². The lowest BCUT2D eigenvalue weighted by Gasteiger charge is -2.12. The molecule has 0 atom stereocenters. The summed E-state index contributed by atoms with van der Waals surface area (Å²) in [5, 5.41) is 3.44. The quantitative estimate of drug-likeness (QED) is 0.792. The number of rotatable bonds is 8. The highest BCUT2D eigenvalue weighted by atomic mass is 32.2. The van der Waals surface area contributed by atoms with Crippen LogP contribution in [0, 0.1) is 0 Å². The molecule has 0 unspecified atom stereocenters. The van der Waals surface area contributed by atoms with Crippen LogP contribution in [0.25, 0.3) is 0 Å². The van der Waals surface area contributed by atoms with Gasteiger partial charge in [-0.05, 0) is 29.8 Å². The molecule has 0 fully saturated rings. The number of benzene rings is 1. The van der Waals surface area contributed by atoms with Crippen molar-refractivity contribution in [1.82, 2.24) is 5.32 Å². The van der Waals surface area contributed by atoms with E-state index in [0.717, 1.165) is 29.6 Å². The molecule has 2 rings (SSSR count). The van der Waals surface area contributed by atoms with Crippen LogP contribution in [-0.4, -0.2) is 13.2 Å². The summed E-state index contributed by atoms with van der Waals surface area (Å²) < 4.78 is 10.8. The molecule has 3 nitrogen and oxygen atoms in total. The second kappa shape index (κ2) is 8.15. The predicted molar refractivity (Wildman–Crippen MR) is 88.7 cm³/mol. The Hall–Kier alpha value is -1.39. The smallest absolute Gasteiger partial charge is 0.122 e. The molecule has 4 heteroatoms. The van der Waals surface area contributed by atoms with E-state index in [9.17, 15) is 0 Å². The Balaban J connectivity index is 1.96. The zero-order chi connectivity index (χ0) is 15.1. The lowest BCUT2D eigenvalue weighted by molar-refractivity contribution is 0.411. The van der Waals surface area contributed by atoms with Gasteiger partial charge < -0.3 is 14.5 Å². The van der Waals surface area contributed by atoms with Crippen LogP contribution in [0.3, 0.4) is 0 Å². The van der Waals surface area contributed by atoms with Crippen LogP contribution in [0.5, 0.6) is 5.75 Å². The van der Waals surface area contributed by atoms with Crippen molar-refractivity contribution >= 4 is 11.8 Å². The van der Waals surface area contributed by atoms with E-state index in [-0.39, 0.29) is 0 Å². The van der Waals surface area contributed by atoms with Crippen molar-refractivity contribution in [3.8, 4) is 5.75 Å². The molecular weight excluding hydrogens is 282 g/mol. The molecule has 0 aliphatic heterocycles. The minimum absolute atomic E-state index is 0.490. The molecule has 0 amide bonds. The summed E-state index contributed by atoms with van der Waals surface area (Å²) in [5.74, 6) is 3.76. The first kappa shape index (κ1) is 16.0. The van der Waals surface area contributed by atoms with Gasteiger partial charge in [-0.1, -0.05) is 19.9 Å². The molecule has 1 heterocycles. The van der Waals surface area contributed by atoms with E-state index in [1.807, 2.05) is 23.9 Å². The zero-order valence-electron chi connectivity index (χ0n) is 12.9. The highest BCUT2D eigenvalue weighted by molar-refractivity contribution is 7.97. The lowest BCUT2D eigenvalue weighted by Crippen LogP contribution is -2.21. The molecule has 114 valence electrons. The second-order valence-corrected chi connectivity index (χ2v) is 6.24. The molecule has 0 spiro atoms. The van der Waals surface area contributed by atoms with Gasteiger partial charge in [0.15, 0.2) is 0 Å². The van der Waals surface area contributed by atoms with Gasteiger partial charge in [0.05, 0.1) is 19.1 Å². The minimum atomic E-state index is 0.490. The number of hydrogen-bond acceptors (Lipinski definition) is 4. The van der Waals surface area contributed by atoms with Crippen LogP contribution in [0.2, 0.25) is 0 Å². The Bertz CT molecular complexity index is 538. The van der Waals surface area contributed by atoms with Crippen molar-refractivity contribution in [2.45, 2.75) is 37.9 Å². The lowest BCUT2D eigenvalue weighted by atomic mass is 10.1. The van der Waals surface area contributed by atoms with Crippen LogP contribution in [0.15, 0.2) is 41.0 Å². The Morgan fingerprint density at radius 1 is 1.24 bits per heavy atom. The highest BCUT2D eigenvalue weighted by Gasteiger charge is 2.06. The average molecular weight is 305 g/mol. The van der Waals surface area contributed by atoms with Gasteiger partial charge in [-0.15, -0.1) is 11.8 Å². The molecule has 1 N–H and O–H groups in total. The second-order valence-electron chi connectivity index (χ2n) is 5.25. The Morgan fingerprint density at radius 2 is 2.10 bits per heavy atom. The van der Waals surface area contributed by atoms with E-state index in [4.69, 9.17) is 9.15 Å². The number of methoxy groups -OCH3 is 1. The summed E-state index contributed by atoms with van der Waals surface area (Å²) in [6, 6.07) is 10.8. The molecule has 0 bridgehead atoms. The van der Waals surface area contributed by atoms with E-state index in [2.05, 4.69) is 37.4 Å². The van der Waals surface area contributed by atoms with Crippen LogP contribution in [0.1, 0.15) is 30.7 Å². The van der Waals surface area contributed by atoms with Crippen LogP contribution >= 0.6 is 11.8 Å². The van der Waals surface area contributed by atoms with Crippen molar-refractivity contribution in [2.24, 2.45) is 0 Å². The first-order chi connectivity index (χ1) is 10.2. The Morgan fingerprint density at radius 3 is 2.76 bits per heavy atom. The summed E-state index contributed by atoms with van der Waals surface area (Å²) in [7, 11) is 1.72. The normalized spacial score (nSPS) is 11.0. The SMILES string of the molecule is COc1ccc(CNC(C)C)cc1CSCc1ccco1. The fourth-order valence-electron chi connectivity index (χ4n) is 2.03. The van der Waals surface area contributed by atoms with E-state index in [1.54, 1.807) is 13.4 Å². The predicted octanol–water partition coefficient (Wildman–Crippen LogP) is 4.22. The molecule has 0 radical (unpaired) electrons. The zero-order valence-corrected chi connectivity index (χ0v) is 13.7. The maximum absolute atomic E-state index is 5.46. The van der Waals surface area contributed by atoms with Crippen molar-refractivity contribution in [1.29, 1.82) is 0 Å². The Labute approximate surface area is 131 Å². The first-order valence-electron chi connectivity index (χ1n) is 7.18. The van der Waals surface area contributed by atoms with Crippen LogP contribution in [0.4, 0.5) is 0 Å². The average Bonchev–Trinajstić information content (AvgIpc) is 2.98. The summed E-state index contributed by atoms with van der Waals surface area (Å²) in [6.45, 7) is 5.20. The maximum Gasteiger partial charge on any atom is 0.122 e. The van der Waals surface area contributed by atoms with E-state index in [0.29, 0.717) is 6.04 Å². The van der Waals surface area contributed by atoms with E-state index < -0.39 is 0 Å². The van der Waals surface area contributed by atoms with Gasteiger partial charge in [0.1, 0.15) is 11.5 Å². The summed E-state index contributed by atoms with van der Waals surface area (Å²) in [5.41, 5.74) is 2.52. The number of nitrogens with one attached hydrogen (secondary N) is 1. The highest BCUT2D eigenvalue weighted by Crippen LogP contribution is 2.26. The topological polar surface area (TPSA) is 34.4 Å². The molecule has 0 saturated heterocycles. The van der Waals surface area contributed by atoms with Crippen molar-refractivity contribution in [2.75, 3.05) is 7.11 Å². The third kappa shape index (κ3) is 5.14. The van der Waals surface area contributed by atoms with Crippen LogP contribution in [-0.2, 0) is 18.1 Å². The Kier molecular flexibility index (Phi) is 6.21. The standard InChI is InChI=1S/C17H23NO2S/c1-13(2)18-10-14-6-7-17(19-3)15(9-14)11-21-12-16-5-4-8-20-16/h4-9,13,18H,10-12H2,1-3H3. The van der Waals surface area contributed by atoms with Gasteiger partial charge in [-0.3, -0.25) is 0 Å². The van der Waals surface area contributed by atoms with Gasteiger partial charge in [0.2, 0.25) is 0 Å². The molecule has 0 saturated carbocycles. The molecular formula is C17H23NO2S. The minimum Gasteiger partial charge on any atom is -0.496 e. The van der Waals surface area contributed by atoms with E-state index in [1.165, 1.54) is 11.1 Å². The maximum atomic E-state index is 5.46. The number of hydrogen-bond donors (Lipinski definition) is 1. The molecule has 1 aromatic heterocycles. The third-order valence-electron chi connectivity index (χ3n) is 3.14. The fraction of sp³-hybridized carbons (Fsp3) is 0.412. The monoisotopic (exact) mass is 305 g/mol. The third-order valence-corrected chi connectivity index (χ3v) is 4.15. The van der Waals surface area contributed by atoms with Gasteiger partial charge in [-0.2, -0.15) is 0 Å². The number of thioether (sulfide) groups is 1. The van der Waals surface area contributed by atoms with Gasteiger partial charge >= 0.3 is 0 Å². The van der Waals surface area contributed by atoms with Gasteiger partial charge in [-0.25, -0.2) is 0 Å². The molecule has 0 aliphatic rings. The number of furan rings is 1. The van der Waals surface area contributed by atoms with Gasteiger partial charge in [0, 0.05) is 23.9 Å². The van der Waals surface area contributed by atoms with Gasteiger partial charge in [0.25, 0.3) is 0 Å². The summed E-state index contributed by atoms with van der Waals surface area (Å²) in [6.07, 6.45) is 1.72. The fourth-order valence-corrected chi connectivity index (χ4v) is 2.95. The first-order valence-corrected chi connectivity index (χ1v) is 8.34.